The Morgan fingerprint density at radius 2 is 1.78 bits per heavy atom. The Morgan fingerprint density at radius 1 is 1.00 bits per heavy atom. The molecular formula is C43H50Cl2FN9O4. The number of nitrogens with two attached hydrogens (primary N) is 1. The van der Waals surface area contributed by atoms with Gasteiger partial charge < -0.3 is 30.5 Å². The van der Waals surface area contributed by atoms with Crippen LogP contribution < -0.4 is 21.1 Å². The third-order valence-electron chi connectivity index (χ3n) is 12.2. The summed E-state index contributed by atoms with van der Waals surface area (Å²) in [7, 11) is 0. The number of benzene rings is 2. The maximum Gasteiger partial charge on any atom is 0.255 e. The summed E-state index contributed by atoms with van der Waals surface area (Å²) in [6.07, 6.45) is 11.2. The standard InChI is InChI=1S/C43H50Cl2FN9O4/c1-26(39-33(44)8-9-34(46)40(39)45)59-37-18-28(20-49-41(37)47)29-21-50-55(24-29)30-12-16-52(17-13-30)14-3-2-4-15-53-22-27(23-53)19-48-35-7-5-6-31-32(35)25-54(43(31)58)36-10-11-38(56)51-42(36)57/h5-9,18,20-21,24,26-27,30,36,48H,2-4,10-17,19,22-23,25H2,1H3,(H2,47,49)(H,51,56,57). The fourth-order valence-corrected chi connectivity index (χ4v) is 9.49. The van der Waals surface area contributed by atoms with Gasteiger partial charge in [-0.25, -0.2) is 9.37 Å². The molecule has 3 saturated heterocycles. The van der Waals surface area contributed by atoms with Crippen molar-refractivity contribution in [3.8, 4) is 16.9 Å². The summed E-state index contributed by atoms with van der Waals surface area (Å²) in [6, 6.07) is 9.92. The molecule has 13 nitrogen and oxygen atoms in total. The van der Waals surface area contributed by atoms with Crippen LogP contribution in [0, 0.1) is 11.7 Å². The smallest absolute Gasteiger partial charge is 0.255 e. The van der Waals surface area contributed by atoms with E-state index in [1.165, 1.54) is 31.4 Å². The van der Waals surface area contributed by atoms with Gasteiger partial charge in [-0.1, -0.05) is 35.7 Å². The lowest BCUT2D eigenvalue weighted by Gasteiger charge is -2.39. The van der Waals surface area contributed by atoms with Crippen LogP contribution in [0.25, 0.3) is 11.1 Å². The molecule has 2 unspecified atom stereocenters. The monoisotopic (exact) mass is 845 g/mol. The average Bonchev–Trinajstić information content (AvgIpc) is 3.83. The van der Waals surface area contributed by atoms with E-state index in [1.807, 2.05) is 36.7 Å². The zero-order chi connectivity index (χ0) is 41.2. The first-order valence-corrected chi connectivity index (χ1v) is 21.3. The second-order valence-electron chi connectivity index (χ2n) is 16.2. The van der Waals surface area contributed by atoms with Gasteiger partial charge in [0.2, 0.25) is 11.8 Å². The van der Waals surface area contributed by atoms with Crippen LogP contribution in [0.2, 0.25) is 10.0 Å². The number of piperidine rings is 2. The quantitative estimate of drug-likeness (QED) is 0.0668. The third-order valence-corrected chi connectivity index (χ3v) is 12.9. The summed E-state index contributed by atoms with van der Waals surface area (Å²) in [5.41, 5.74) is 10.7. The van der Waals surface area contributed by atoms with Crippen LogP contribution >= 0.6 is 23.2 Å². The minimum Gasteiger partial charge on any atom is -0.482 e. The Labute approximate surface area is 353 Å². The summed E-state index contributed by atoms with van der Waals surface area (Å²) < 4.78 is 22.3. The van der Waals surface area contributed by atoms with Gasteiger partial charge in [0.25, 0.3) is 5.91 Å². The molecule has 2 aromatic heterocycles. The lowest BCUT2D eigenvalue weighted by Crippen LogP contribution is -2.52. The van der Waals surface area contributed by atoms with E-state index < -0.39 is 18.0 Å². The number of fused-ring (bicyclic) bond motifs is 1. The summed E-state index contributed by atoms with van der Waals surface area (Å²) in [5, 5.41) is 10.9. The summed E-state index contributed by atoms with van der Waals surface area (Å²) in [4.78, 5) is 48.3. The van der Waals surface area contributed by atoms with Gasteiger partial charge in [0.15, 0.2) is 11.6 Å². The second-order valence-corrected chi connectivity index (χ2v) is 17.0. The molecule has 312 valence electrons. The highest BCUT2D eigenvalue weighted by Crippen LogP contribution is 2.38. The number of ether oxygens (including phenoxy) is 1. The number of halogens is 3. The molecule has 2 atom stereocenters. The topological polar surface area (TPSA) is 151 Å². The van der Waals surface area contributed by atoms with Crippen molar-refractivity contribution in [2.45, 2.75) is 76.6 Å². The van der Waals surface area contributed by atoms with Gasteiger partial charge in [0.05, 0.1) is 17.3 Å². The molecule has 0 bridgehead atoms. The molecule has 4 aliphatic heterocycles. The van der Waals surface area contributed by atoms with Crippen molar-refractivity contribution in [1.82, 2.24) is 34.8 Å². The van der Waals surface area contributed by atoms with Crippen molar-refractivity contribution >= 4 is 52.4 Å². The minimum atomic E-state index is -0.663. The van der Waals surface area contributed by atoms with Crippen LogP contribution in [0.4, 0.5) is 15.9 Å². The molecular weight excluding hydrogens is 796 g/mol. The van der Waals surface area contributed by atoms with E-state index in [0.29, 0.717) is 46.8 Å². The number of nitrogens with zero attached hydrogens (tertiary/aromatic N) is 6. The van der Waals surface area contributed by atoms with Gasteiger partial charge >= 0.3 is 0 Å². The van der Waals surface area contributed by atoms with Crippen LogP contribution in [-0.2, 0) is 16.1 Å². The number of carbonyl (C=O) groups is 3. The highest BCUT2D eigenvalue weighted by atomic mass is 35.5. The molecule has 4 aromatic rings. The van der Waals surface area contributed by atoms with Crippen molar-refractivity contribution in [2.75, 3.05) is 56.9 Å². The molecule has 4 aliphatic rings. The van der Waals surface area contributed by atoms with E-state index in [1.54, 1.807) is 18.0 Å². The Kier molecular flexibility index (Phi) is 12.4. The summed E-state index contributed by atoms with van der Waals surface area (Å²) in [5.74, 6) is -0.274. The number of aromatic nitrogens is 3. The number of anilines is 2. The van der Waals surface area contributed by atoms with E-state index >= 15 is 0 Å². The van der Waals surface area contributed by atoms with E-state index in [4.69, 9.17) is 38.8 Å². The molecule has 0 radical (unpaired) electrons. The number of rotatable bonds is 15. The predicted molar refractivity (Wildman–Crippen MR) is 225 cm³/mol. The van der Waals surface area contributed by atoms with Crippen LogP contribution in [0.15, 0.2) is 55.0 Å². The predicted octanol–water partition coefficient (Wildman–Crippen LogP) is 6.73. The van der Waals surface area contributed by atoms with Crippen LogP contribution in [0.3, 0.4) is 0 Å². The molecule has 2 aromatic carbocycles. The van der Waals surface area contributed by atoms with Gasteiger partial charge in [0, 0.05) is 103 Å². The van der Waals surface area contributed by atoms with Gasteiger partial charge in [-0.3, -0.25) is 24.4 Å². The molecule has 3 amide bonds. The fourth-order valence-electron chi connectivity index (χ4n) is 8.81. The third kappa shape index (κ3) is 9.06. The van der Waals surface area contributed by atoms with E-state index in [0.717, 1.165) is 81.0 Å². The maximum atomic E-state index is 14.1. The molecule has 6 heterocycles. The van der Waals surface area contributed by atoms with Gasteiger partial charge in [-0.2, -0.15) is 5.10 Å². The summed E-state index contributed by atoms with van der Waals surface area (Å²) >= 11 is 12.5. The number of amides is 3. The number of nitrogens with one attached hydrogen (secondary N) is 2. The van der Waals surface area contributed by atoms with Gasteiger partial charge in [-0.05, 0) is 82.4 Å². The molecule has 8 rings (SSSR count). The number of unbranched alkanes of at least 4 members (excludes halogenated alkanes) is 2. The molecule has 0 spiro atoms. The SMILES string of the molecule is CC(Oc1cc(-c2cnn(C3CCN(CCCCCN4CC(CNc5cccc6c5CN(C5CCC(=O)NC5=O)C6=O)C4)CC3)c2)cnc1N)c1c(Cl)ccc(F)c1Cl. The molecule has 4 N–H and O–H groups in total. The molecule has 59 heavy (non-hydrogen) atoms. The molecule has 0 aliphatic carbocycles. The highest BCUT2D eigenvalue weighted by Gasteiger charge is 2.40. The highest BCUT2D eigenvalue weighted by molar-refractivity contribution is 6.36. The minimum absolute atomic E-state index is 0.0821. The van der Waals surface area contributed by atoms with Crippen molar-refractivity contribution in [3.05, 3.63) is 87.5 Å². The molecule has 3 fully saturated rings. The van der Waals surface area contributed by atoms with Crippen molar-refractivity contribution < 1.29 is 23.5 Å². The summed E-state index contributed by atoms with van der Waals surface area (Å²) in [6.45, 7) is 9.39. The van der Waals surface area contributed by atoms with Gasteiger partial charge in [-0.15, -0.1) is 0 Å². The number of hydrogen-bond donors (Lipinski definition) is 3. The van der Waals surface area contributed by atoms with E-state index in [-0.39, 0.29) is 35.0 Å². The number of hydrogen-bond acceptors (Lipinski definition) is 10. The number of carbonyl (C=O) groups excluding carboxylic acids is 3. The van der Waals surface area contributed by atoms with Crippen molar-refractivity contribution in [3.63, 3.8) is 0 Å². The number of pyridine rings is 1. The average molecular weight is 847 g/mol. The first-order chi connectivity index (χ1) is 28.5. The first-order valence-electron chi connectivity index (χ1n) is 20.6. The first kappa shape index (κ1) is 41.0. The van der Waals surface area contributed by atoms with Crippen molar-refractivity contribution in [1.29, 1.82) is 0 Å². The largest absolute Gasteiger partial charge is 0.482 e. The van der Waals surface area contributed by atoms with Crippen molar-refractivity contribution in [2.24, 2.45) is 5.92 Å². The molecule has 16 heteroatoms. The maximum absolute atomic E-state index is 14.1. The lowest BCUT2D eigenvalue weighted by atomic mass is 9.99. The van der Waals surface area contributed by atoms with E-state index in [2.05, 4.69) is 30.1 Å². The normalized spacial score (nSPS) is 19.8. The van der Waals surface area contributed by atoms with Crippen LogP contribution in [0.5, 0.6) is 5.75 Å². The number of likely N-dealkylation sites (tertiary alicyclic amines) is 2. The Bertz CT molecular complexity index is 2210. The lowest BCUT2D eigenvalue weighted by molar-refractivity contribution is -0.136. The second kappa shape index (κ2) is 17.8. The van der Waals surface area contributed by atoms with Crippen LogP contribution in [-0.4, -0.2) is 99.0 Å². The zero-order valence-electron chi connectivity index (χ0n) is 33.1. The number of imide groups is 1. The Balaban J connectivity index is 0.719. The van der Waals surface area contributed by atoms with Gasteiger partial charge in [0.1, 0.15) is 18.0 Å². The Hall–Kier alpha value is -4.76. The van der Waals surface area contributed by atoms with E-state index in [9.17, 15) is 18.8 Å². The Morgan fingerprint density at radius 3 is 2.56 bits per heavy atom. The molecule has 0 saturated carbocycles. The van der Waals surface area contributed by atoms with Crippen LogP contribution in [0.1, 0.15) is 85.5 Å². The number of nitrogen functional groups attached to an aromatic ring is 1. The fraction of sp³-hybridized carbons (Fsp3) is 0.465. The zero-order valence-corrected chi connectivity index (χ0v) is 34.7.